The number of methoxy groups -OCH3 is 1. The molecule has 162 valence electrons. The average Bonchev–Trinajstić information content (AvgIpc) is 2.63. The van der Waals surface area contributed by atoms with Crippen LogP contribution in [0.1, 0.15) is 52.0 Å². The summed E-state index contributed by atoms with van der Waals surface area (Å²) in [7, 11) is 1.19. The average molecular weight is 419 g/mol. The van der Waals surface area contributed by atoms with Gasteiger partial charge in [0.1, 0.15) is 17.1 Å². The maximum Gasteiger partial charge on any atom is 0.439 e. The third-order valence-electron chi connectivity index (χ3n) is 3.40. The third-order valence-corrected chi connectivity index (χ3v) is 3.40. The molecule has 0 aliphatic heterocycles. The van der Waals surface area contributed by atoms with Crippen molar-refractivity contribution < 1.29 is 28.3 Å². The third kappa shape index (κ3) is 6.21. The summed E-state index contributed by atoms with van der Waals surface area (Å²) in [4.78, 5) is 39.1. The standard InChI is InChI=1S/C21H26FN3O5/c1-20(2,3)29-19(27)25(30-21(4,5)6)16-9-8-15(24-17(16)18(26)28-7)13-10-14(22)12-23-11-13/h8-12H,1-7H3. The monoisotopic (exact) mass is 419 g/mol. The molecule has 9 heteroatoms. The molecule has 2 rings (SSSR count). The van der Waals surface area contributed by atoms with Crippen molar-refractivity contribution in [3.63, 3.8) is 0 Å². The lowest BCUT2D eigenvalue weighted by atomic mass is 10.1. The number of aromatic nitrogens is 2. The van der Waals surface area contributed by atoms with Crippen molar-refractivity contribution in [2.45, 2.75) is 52.7 Å². The highest BCUT2D eigenvalue weighted by atomic mass is 19.1. The highest BCUT2D eigenvalue weighted by Gasteiger charge is 2.32. The summed E-state index contributed by atoms with van der Waals surface area (Å²) in [5, 5.41) is 0.873. The number of esters is 1. The van der Waals surface area contributed by atoms with Crippen LogP contribution >= 0.6 is 0 Å². The van der Waals surface area contributed by atoms with Crippen molar-refractivity contribution in [3.8, 4) is 11.3 Å². The number of hydrogen-bond donors (Lipinski definition) is 0. The maximum absolute atomic E-state index is 13.6. The zero-order valence-corrected chi connectivity index (χ0v) is 18.1. The molecule has 0 fully saturated rings. The Morgan fingerprint density at radius 3 is 2.23 bits per heavy atom. The molecule has 0 aliphatic carbocycles. The van der Waals surface area contributed by atoms with E-state index < -0.39 is 29.1 Å². The van der Waals surface area contributed by atoms with Gasteiger partial charge in [0, 0.05) is 11.8 Å². The normalized spacial score (nSPS) is 11.7. The van der Waals surface area contributed by atoms with Gasteiger partial charge in [-0.2, -0.15) is 5.06 Å². The number of ether oxygens (including phenoxy) is 2. The molecule has 2 heterocycles. The van der Waals surface area contributed by atoms with Gasteiger partial charge >= 0.3 is 12.1 Å². The van der Waals surface area contributed by atoms with E-state index in [0.717, 1.165) is 11.3 Å². The first kappa shape index (κ1) is 23.2. The van der Waals surface area contributed by atoms with Crippen LogP contribution in [0.25, 0.3) is 11.3 Å². The maximum atomic E-state index is 13.6. The molecule has 0 radical (unpaired) electrons. The van der Waals surface area contributed by atoms with Gasteiger partial charge in [-0.1, -0.05) is 0 Å². The predicted molar refractivity (Wildman–Crippen MR) is 108 cm³/mol. The minimum absolute atomic E-state index is 0.0270. The van der Waals surface area contributed by atoms with E-state index in [2.05, 4.69) is 9.97 Å². The van der Waals surface area contributed by atoms with Gasteiger partial charge in [-0.3, -0.25) is 9.82 Å². The Bertz CT molecular complexity index is 935. The SMILES string of the molecule is COC(=O)c1nc(-c2cncc(F)c2)ccc1N(OC(C)(C)C)C(=O)OC(C)(C)C. The van der Waals surface area contributed by atoms with Gasteiger partial charge in [-0.15, -0.1) is 0 Å². The van der Waals surface area contributed by atoms with Gasteiger partial charge in [0.05, 0.1) is 24.6 Å². The number of carbonyl (C=O) groups excluding carboxylic acids is 2. The molecule has 2 aromatic heterocycles. The lowest BCUT2D eigenvalue weighted by molar-refractivity contribution is -0.0358. The zero-order chi connectivity index (χ0) is 22.7. The molecule has 30 heavy (non-hydrogen) atoms. The first-order valence-electron chi connectivity index (χ1n) is 9.23. The van der Waals surface area contributed by atoms with E-state index in [9.17, 15) is 14.0 Å². The van der Waals surface area contributed by atoms with E-state index in [4.69, 9.17) is 14.3 Å². The van der Waals surface area contributed by atoms with Crippen LogP contribution in [-0.4, -0.2) is 40.3 Å². The number of carbonyl (C=O) groups is 2. The van der Waals surface area contributed by atoms with Crippen LogP contribution in [0, 0.1) is 5.82 Å². The summed E-state index contributed by atoms with van der Waals surface area (Å²) >= 11 is 0. The van der Waals surface area contributed by atoms with Crippen molar-refractivity contribution in [1.82, 2.24) is 9.97 Å². The zero-order valence-electron chi connectivity index (χ0n) is 18.1. The molecule has 1 amide bonds. The number of hydroxylamine groups is 1. The fourth-order valence-electron chi connectivity index (χ4n) is 2.34. The van der Waals surface area contributed by atoms with Gasteiger partial charge < -0.3 is 9.47 Å². The molecule has 0 N–H and O–H groups in total. The second-order valence-corrected chi connectivity index (χ2v) is 8.43. The number of halogens is 1. The molecule has 8 nitrogen and oxygen atoms in total. The smallest absolute Gasteiger partial charge is 0.439 e. The first-order chi connectivity index (χ1) is 13.8. The number of nitrogens with zero attached hydrogens (tertiary/aromatic N) is 3. The molecule has 0 unspecified atom stereocenters. The highest BCUT2D eigenvalue weighted by molar-refractivity contribution is 5.99. The summed E-state index contributed by atoms with van der Waals surface area (Å²) in [5.41, 5.74) is -1.15. The van der Waals surface area contributed by atoms with Crippen molar-refractivity contribution in [3.05, 3.63) is 42.1 Å². The number of pyridine rings is 2. The lowest BCUT2D eigenvalue weighted by Crippen LogP contribution is -2.42. The first-order valence-corrected chi connectivity index (χ1v) is 9.23. The molecule has 0 spiro atoms. The summed E-state index contributed by atoms with van der Waals surface area (Å²) in [6.07, 6.45) is 1.63. The molecule has 0 bridgehead atoms. The van der Waals surface area contributed by atoms with E-state index >= 15 is 0 Å². The number of rotatable bonds is 4. The Hall–Kier alpha value is -3.07. The van der Waals surface area contributed by atoms with Crippen LogP contribution in [0.5, 0.6) is 0 Å². The minimum atomic E-state index is -0.829. The molecule has 0 atom stereocenters. The van der Waals surface area contributed by atoms with Crippen LogP contribution in [0.2, 0.25) is 0 Å². The van der Waals surface area contributed by atoms with Crippen molar-refractivity contribution >= 4 is 17.7 Å². The van der Waals surface area contributed by atoms with E-state index in [-0.39, 0.29) is 17.1 Å². The Morgan fingerprint density at radius 1 is 1.03 bits per heavy atom. The lowest BCUT2D eigenvalue weighted by Gasteiger charge is -2.32. The second kappa shape index (κ2) is 8.74. The van der Waals surface area contributed by atoms with Crippen molar-refractivity contribution in [1.29, 1.82) is 0 Å². The Kier molecular flexibility index (Phi) is 6.77. The van der Waals surface area contributed by atoms with Gasteiger partial charge in [0.2, 0.25) is 0 Å². The Morgan fingerprint density at radius 2 is 1.70 bits per heavy atom. The number of anilines is 1. The van der Waals surface area contributed by atoms with Gasteiger partial charge in [0.25, 0.3) is 0 Å². The summed E-state index contributed by atoms with van der Waals surface area (Å²) in [6.45, 7) is 10.3. The fourth-order valence-corrected chi connectivity index (χ4v) is 2.34. The van der Waals surface area contributed by atoms with E-state index in [1.165, 1.54) is 31.5 Å². The van der Waals surface area contributed by atoms with Crippen LogP contribution in [0.3, 0.4) is 0 Å². The van der Waals surface area contributed by atoms with E-state index in [0.29, 0.717) is 5.56 Å². The van der Waals surface area contributed by atoms with Gasteiger partial charge in [0.15, 0.2) is 5.69 Å². The second-order valence-electron chi connectivity index (χ2n) is 8.43. The molecule has 2 aromatic rings. The predicted octanol–water partition coefficient (Wildman–Crippen LogP) is 4.54. The quantitative estimate of drug-likeness (QED) is 0.531. The van der Waals surface area contributed by atoms with Crippen molar-refractivity contribution in [2.24, 2.45) is 0 Å². The molecule has 0 saturated carbocycles. The largest absolute Gasteiger partial charge is 0.464 e. The molecule has 0 aliphatic rings. The van der Waals surface area contributed by atoms with Crippen molar-refractivity contribution in [2.75, 3.05) is 12.2 Å². The molecular weight excluding hydrogens is 393 g/mol. The van der Waals surface area contributed by atoms with Gasteiger partial charge in [-0.05, 0) is 59.7 Å². The molecule has 0 saturated heterocycles. The van der Waals surface area contributed by atoms with E-state index in [1.54, 1.807) is 41.5 Å². The Labute approximate surface area is 174 Å². The molecule has 0 aromatic carbocycles. The fraction of sp³-hybridized carbons (Fsp3) is 0.429. The van der Waals surface area contributed by atoms with Crippen LogP contribution in [-0.2, 0) is 14.3 Å². The highest BCUT2D eigenvalue weighted by Crippen LogP contribution is 2.29. The van der Waals surface area contributed by atoms with Crippen LogP contribution in [0.15, 0.2) is 30.6 Å². The van der Waals surface area contributed by atoms with E-state index in [1.807, 2.05) is 0 Å². The molecular formula is C21H26FN3O5. The number of hydrogen-bond acceptors (Lipinski definition) is 7. The minimum Gasteiger partial charge on any atom is -0.464 e. The summed E-state index contributed by atoms with van der Waals surface area (Å²) in [6, 6.07) is 4.20. The van der Waals surface area contributed by atoms with Crippen LogP contribution < -0.4 is 5.06 Å². The Balaban J connectivity index is 2.61. The topological polar surface area (TPSA) is 90.9 Å². The number of amides is 1. The van der Waals surface area contributed by atoms with Crippen LogP contribution in [0.4, 0.5) is 14.9 Å². The van der Waals surface area contributed by atoms with Gasteiger partial charge in [-0.25, -0.2) is 19.0 Å². The summed E-state index contributed by atoms with van der Waals surface area (Å²) in [5.74, 6) is -1.35. The summed E-state index contributed by atoms with van der Waals surface area (Å²) < 4.78 is 23.8.